The number of nitrogens with zero attached hydrogens (tertiary/aromatic N) is 3. The van der Waals surface area contributed by atoms with Crippen molar-refractivity contribution in [3.63, 3.8) is 0 Å². The Balaban J connectivity index is 1.10. The summed E-state index contributed by atoms with van der Waals surface area (Å²) in [6, 6.07) is 10.4. The van der Waals surface area contributed by atoms with Crippen molar-refractivity contribution in [1.29, 1.82) is 0 Å². The zero-order valence-corrected chi connectivity index (χ0v) is 15.8. The summed E-state index contributed by atoms with van der Waals surface area (Å²) in [7, 11) is 0. The van der Waals surface area contributed by atoms with Crippen molar-refractivity contribution < 1.29 is 4.79 Å². The number of amides is 1. The number of carbonyl (C=O) groups is 1. The summed E-state index contributed by atoms with van der Waals surface area (Å²) in [5, 5.41) is 0. The molecule has 2 heterocycles. The molecule has 0 unspecified atom stereocenters. The van der Waals surface area contributed by atoms with E-state index in [9.17, 15) is 4.79 Å². The highest BCUT2D eigenvalue weighted by molar-refractivity contribution is 5.81. The molecule has 0 spiro atoms. The summed E-state index contributed by atoms with van der Waals surface area (Å²) in [6.45, 7) is 6.79. The van der Waals surface area contributed by atoms with Crippen LogP contribution in [0.3, 0.4) is 0 Å². The van der Waals surface area contributed by atoms with Crippen LogP contribution >= 0.6 is 0 Å². The number of hydrogen-bond donors (Lipinski definition) is 0. The molecule has 4 aliphatic rings. The van der Waals surface area contributed by atoms with Crippen molar-refractivity contribution in [2.75, 3.05) is 39.3 Å². The molecule has 0 bridgehead atoms. The van der Waals surface area contributed by atoms with Gasteiger partial charge in [0.2, 0.25) is 5.91 Å². The molecule has 0 atom stereocenters. The van der Waals surface area contributed by atoms with Crippen LogP contribution in [0.4, 0.5) is 0 Å². The van der Waals surface area contributed by atoms with Crippen LogP contribution in [0.2, 0.25) is 0 Å². The quantitative estimate of drug-likeness (QED) is 0.833. The van der Waals surface area contributed by atoms with Gasteiger partial charge in [0.1, 0.15) is 0 Å². The van der Waals surface area contributed by atoms with E-state index >= 15 is 0 Å². The van der Waals surface area contributed by atoms with E-state index in [-0.39, 0.29) is 0 Å². The standard InChI is InChI=1S/C22H31N3O/c26-22(17-5-6-17)25-9-7-20(8-10-25)23-11-13-24(14-12-23)21-15-18-3-1-2-4-19(18)16-21/h1-4,17,20-21H,5-16H2. The molecule has 3 fully saturated rings. The maximum Gasteiger partial charge on any atom is 0.225 e. The SMILES string of the molecule is O=C(C1CC1)N1CCC(N2CCN(C3Cc4ccccc4C3)CC2)CC1. The highest BCUT2D eigenvalue weighted by atomic mass is 16.2. The van der Waals surface area contributed by atoms with Crippen LogP contribution in [0.15, 0.2) is 24.3 Å². The normalized spacial score (nSPS) is 26.2. The smallest absolute Gasteiger partial charge is 0.225 e. The molecule has 0 aromatic heterocycles. The lowest BCUT2D eigenvalue weighted by molar-refractivity contribution is -0.134. The Bertz CT molecular complexity index is 630. The first-order valence-electron chi connectivity index (χ1n) is 10.6. The maximum absolute atomic E-state index is 12.2. The molecule has 4 nitrogen and oxygen atoms in total. The van der Waals surface area contributed by atoms with E-state index in [1.807, 2.05) is 0 Å². The van der Waals surface area contributed by atoms with E-state index in [1.54, 1.807) is 11.1 Å². The molecule has 1 amide bonds. The second-order valence-corrected chi connectivity index (χ2v) is 8.73. The fourth-order valence-electron chi connectivity index (χ4n) is 5.30. The van der Waals surface area contributed by atoms with E-state index in [1.165, 1.54) is 51.9 Å². The highest BCUT2D eigenvalue weighted by Crippen LogP contribution is 2.32. The molecular weight excluding hydrogens is 322 g/mol. The highest BCUT2D eigenvalue weighted by Gasteiger charge is 2.36. The van der Waals surface area contributed by atoms with Crippen LogP contribution < -0.4 is 0 Å². The van der Waals surface area contributed by atoms with E-state index in [0.717, 1.165) is 25.9 Å². The third kappa shape index (κ3) is 3.29. The first-order valence-corrected chi connectivity index (χ1v) is 10.6. The van der Waals surface area contributed by atoms with Crippen LogP contribution in [-0.2, 0) is 17.6 Å². The van der Waals surface area contributed by atoms with Gasteiger partial charge in [-0.1, -0.05) is 24.3 Å². The number of hydrogen-bond acceptors (Lipinski definition) is 3. The Labute approximate surface area is 157 Å². The van der Waals surface area contributed by atoms with Gasteiger partial charge < -0.3 is 4.90 Å². The zero-order chi connectivity index (χ0) is 17.5. The summed E-state index contributed by atoms with van der Waals surface area (Å²) in [5.41, 5.74) is 3.13. The van der Waals surface area contributed by atoms with E-state index in [2.05, 4.69) is 39.0 Å². The molecule has 2 aliphatic carbocycles. The van der Waals surface area contributed by atoms with Crippen LogP contribution in [0.25, 0.3) is 0 Å². The zero-order valence-electron chi connectivity index (χ0n) is 15.8. The molecule has 1 saturated carbocycles. The first kappa shape index (κ1) is 16.8. The average molecular weight is 354 g/mol. The molecule has 0 radical (unpaired) electrons. The monoisotopic (exact) mass is 353 g/mol. The molecule has 5 rings (SSSR count). The lowest BCUT2D eigenvalue weighted by Gasteiger charge is -2.44. The van der Waals surface area contributed by atoms with Gasteiger partial charge in [0.25, 0.3) is 0 Å². The number of piperazine rings is 1. The molecule has 2 aliphatic heterocycles. The van der Waals surface area contributed by atoms with Gasteiger partial charge in [-0.2, -0.15) is 0 Å². The molecule has 4 heteroatoms. The van der Waals surface area contributed by atoms with Crippen molar-refractivity contribution in [2.24, 2.45) is 5.92 Å². The number of piperidine rings is 1. The molecule has 140 valence electrons. The maximum atomic E-state index is 12.2. The van der Waals surface area contributed by atoms with E-state index < -0.39 is 0 Å². The third-order valence-electron chi connectivity index (χ3n) is 7.11. The van der Waals surface area contributed by atoms with Crippen molar-refractivity contribution in [3.05, 3.63) is 35.4 Å². The van der Waals surface area contributed by atoms with Crippen LogP contribution in [-0.4, -0.2) is 72.0 Å². The molecule has 26 heavy (non-hydrogen) atoms. The van der Waals surface area contributed by atoms with Gasteiger partial charge in [0, 0.05) is 57.3 Å². The Kier molecular flexibility index (Phi) is 4.49. The minimum atomic E-state index is 0.380. The fourth-order valence-corrected chi connectivity index (χ4v) is 5.30. The average Bonchev–Trinajstić information content (AvgIpc) is 3.46. The Morgan fingerprint density at radius 2 is 1.27 bits per heavy atom. The van der Waals surface area contributed by atoms with Gasteiger partial charge in [-0.3, -0.25) is 14.6 Å². The predicted octanol–water partition coefficient (Wildman–Crippen LogP) is 2.17. The second kappa shape index (κ2) is 6.97. The summed E-state index contributed by atoms with van der Waals surface area (Å²) >= 11 is 0. The van der Waals surface area contributed by atoms with Crippen molar-refractivity contribution in [1.82, 2.24) is 14.7 Å². The number of fused-ring (bicyclic) bond motifs is 1. The predicted molar refractivity (Wildman–Crippen MR) is 103 cm³/mol. The van der Waals surface area contributed by atoms with Crippen LogP contribution in [0.1, 0.15) is 36.8 Å². The van der Waals surface area contributed by atoms with E-state index in [4.69, 9.17) is 0 Å². The lowest BCUT2D eigenvalue weighted by atomic mass is 10.0. The summed E-state index contributed by atoms with van der Waals surface area (Å²) < 4.78 is 0. The van der Waals surface area contributed by atoms with Gasteiger partial charge in [0.15, 0.2) is 0 Å². The van der Waals surface area contributed by atoms with Crippen molar-refractivity contribution in [2.45, 2.75) is 50.6 Å². The largest absolute Gasteiger partial charge is 0.342 e. The van der Waals surface area contributed by atoms with Crippen molar-refractivity contribution >= 4 is 5.91 Å². The van der Waals surface area contributed by atoms with Gasteiger partial charge >= 0.3 is 0 Å². The minimum absolute atomic E-state index is 0.380. The molecule has 2 saturated heterocycles. The number of rotatable bonds is 3. The summed E-state index contributed by atoms with van der Waals surface area (Å²) in [4.78, 5) is 19.8. The third-order valence-corrected chi connectivity index (χ3v) is 7.11. The molecule has 0 N–H and O–H groups in total. The number of benzene rings is 1. The Hall–Kier alpha value is -1.39. The number of likely N-dealkylation sites (tertiary alicyclic amines) is 1. The lowest BCUT2D eigenvalue weighted by Crippen LogP contribution is -2.55. The molecule has 1 aromatic rings. The van der Waals surface area contributed by atoms with Gasteiger partial charge in [-0.25, -0.2) is 0 Å². The molecule has 1 aromatic carbocycles. The van der Waals surface area contributed by atoms with Gasteiger partial charge in [0.05, 0.1) is 0 Å². The topological polar surface area (TPSA) is 26.8 Å². The summed E-state index contributed by atoms with van der Waals surface area (Å²) in [6.07, 6.45) is 7.08. The second-order valence-electron chi connectivity index (χ2n) is 8.73. The Morgan fingerprint density at radius 3 is 1.81 bits per heavy atom. The van der Waals surface area contributed by atoms with Gasteiger partial charge in [-0.05, 0) is 49.7 Å². The minimum Gasteiger partial charge on any atom is -0.342 e. The van der Waals surface area contributed by atoms with Crippen LogP contribution in [0.5, 0.6) is 0 Å². The first-order chi connectivity index (χ1) is 12.8. The van der Waals surface area contributed by atoms with Crippen molar-refractivity contribution in [3.8, 4) is 0 Å². The fraction of sp³-hybridized carbons (Fsp3) is 0.682. The Morgan fingerprint density at radius 1 is 0.731 bits per heavy atom. The van der Waals surface area contributed by atoms with E-state index in [0.29, 0.717) is 23.9 Å². The van der Waals surface area contributed by atoms with Gasteiger partial charge in [-0.15, -0.1) is 0 Å². The number of carbonyl (C=O) groups excluding carboxylic acids is 1. The molecular formula is C22H31N3O. The van der Waals surface area contributed by atoms with Crippen LogP contribution in [0, 0.1) is 5.92 Å². The summed E-state index contributed by atoms with van der Waals surface area (Å²) in [5.74, 6) is 0.819.